The molecule has 27 heavy (non-hydrogen) atoms. The molecule has 0 aliphatic rings. The van der Waals surface area contributed by atoms with Gasteiger partial charge in [0.25, 0.3) is 0 Å². The second-order valence-electron chi connectivity index (χ2n) is 6.01. The van der Waals surface area contributed by atoms with Crippen molar-refractivity contribution >= 4 is 27.7 Å². The van der Waals surface area contributed by atoms with Crippen molar-refractivity contribution in [2.24, 2.45) is 10.7 Å². The van der Waals surface area contributed by atoms with Crippen molar-refractivity contribution in [1.29, 1.82) is 0 Å². The Labute approximate surface area is 159 Å². The largest absolute Gasteiger partial charge is 0.370 e. The lowest BCUT2D eigenvalue weighted by Crippen LogP contribution is -2.48. The monoisotopic (exact) mass is 397 g/mol. The van der Waals surface area contributed by atoms with E-state index in [0.717, 1.165) is 0 Å². The molecule has 0 bridgehead atoms. The molecule has 0 heterocycles. The van der Waals surface area contributed by atoms with Gasteiger partial charge in [0, 0.05) is 13.6 Å². The number of carbonyl (C=O) groups is 2. The lowest BCUT2D eigenvalue weighted by molar-refractivity contribution is -0.125. The van der Waals surface area contributed by atoms with Gasteiger partial charge in [-0.05, 0) is 25.3 Å². The topological polar surface area (TPSA) is 143 Å². The number of Topliss-reactive ketones (excluding diaryl/α,β-unsaturated/α-hetero) is 1. The van der Waals surface area contributed by atoms with E-state index in [-0.39, 0.29) is 30.5 Å². The van der Waals surface area contributed by atoms with Crippen LogP contribution in [0.4, 0.5) is 0 Å². The van der Waals surface area contributed by atoms with Crippen molar-refractivity contribution in [2.45, 2.75) is 31.6 Å². The Morgan fingerprint density at radius 2 is 1.85 bits per heavy atom. The quantitative estimate of drug-likeness (QED) is 0.225. The Bertz CT molecular complexity index is 750. The Morgan fingerprint density at radius 1 is 1.19 bits per heavy atom. The molecule has 0 saturated carbocycles. The number of rotatable bonds is 11. The summed E-state index contributed by atoms with van der Waals surface area (Å²) < 4.78 is 27.3. The zero-order valence-electron chi connectivity index (χ0n) is 15.6. The fourth-order valence-corrected chi connectivity index (χ4v) is 3.61. The maximum absolute atomic E-state index is 12.4. The van der Waals surface area contributed by atoms with E-state index in [1.165, 1.54) is 14.0 Å². The standard InChI is InChI=1S/C17H27N5O4S/c1-13(23)11-21-16(24)15(9-6-10-20-17(18)19-2)22-27(25,26)12-14-7-4-3-5-8-14/h3-5,7-8,15,22H,6,9-12H2,1-2H3,(H,21,24)(H3,18,19,20)/t15-/m1/s1. The Kier molecular flexibility index (Phi) is 9.45. The molecule has 0 saturated heterocycles. The molecule has 9 nitrogen and oxygen atoms in total. The summed E-state index contributed by atoms with van der Waals surface area (Å²) in [4.78, 5) is 27.1. The number of carbonyl (C=O) groups excluding carboxylic acids is 2. The van der Waals surface area contributed by atoms with Gasteiger partial charge in [-0.25, -0.2) is 13.1 Å². The minimum atomic E-state index is -3.74. The van der Waals surface area contributed by atoms with Crippen molar-refractivity contribution in [3.63, 3.8) is 0 Å². The third-order valence-electron chi connectivity index (χ3n) is 3.57. The molecule has 150 valence electrons. The number of nitrogens with two attached hydrogens (primary N) is 1. The molecule has 1 rings (SSSR count). The van der Waals surface area contributed by atoms with Gasteiger partial charge in [0.1, 0.15) is 11.8 Å². The first-order chi connectivity index (χ1) is 12.7. The molecule has 0 fully saturated rings. The van der Waals surface area contributed by atoms with Crippen molar-refractivity contribution in [3.8, 4) is 0 Å². The number of hydrogen-bond donors (Lipinski definition) is 4. The van der Waals surface area contributed by atoms with Gasteiger partial charge in [-0.1, -0.05) is 30.3 Å². The minimum Gasteiger partial charge on any atom is -0.370 e. The number of nitrogens with one attached hydrogen (secondary N) is 3. The highest BCUT2D eigenvalue weighted by Crippen LogP contribution is 2.07. The van der Waals surface area contributed by atoms with E-state index in [1.807, 2.05) is 0 Å². The summed E-state index contributed by atoms with van der Waals surface area (Å²) in [5.41, 5.74) is 6.14. The number of sulfonamides is 1. The van der Waals surface area contributed by atoms with Crippen molar-refractivity contribution in [3.05, 3.63) is 35.9 Å². The van der Waals surface area contributed by atoms with Crippen LogP contribution in [0.1, 0.15) is 25.3 Å². The Hall–Kier alpha value is -2.46. The van der Waals surface area contributed by atoms with Crippen LogP contribution in [-0.2, 0) is 25.4 Å². The third kappa shape index (κ3) is 9.71. The van der Waals surface area contributed by atoms with Crippen LogP contribution in [0.2, 0.25) is 0 Å². The maximum atomic E-state index is 12.4. The van der Waals surface area contributed by atoms with Crippen LogP contribution < -0.4 is 21.1 Å². The van der Waals surface area contributed by atoms with E-state index in [2.05, 4.69) is 20.3 Å². The van der Waals surface area contributed by atoms with Crippen LogP contribution in [0, 0.1) is 0 Å². The van der Waals surface area contributed by atoms with E-state index in [1.54, 1.807) is 30.3 Å². The average Bonchev–Trinajstić information content (AvgIpc) is 2.62. The van der Waals surface area contributed by atoms with Crippen LogP contribution >= 0.6 is 0 Å². The molecule has 1 aromatic rings. The normalized spacial score (nSPS) is 13.0. The summed E-state index contributed by atoms with van der Waals surface area (Å²) in [6.45, 7) is 1.62. The molecule has 10 heteroatoms. The lowest BCUT2D eigenvalue weighted by Gasteiger charge is -2.18. The molecule has 1 aromatic carbocycles. The van der Waals surface area contributed by atoms with Gasteiger partial charge in [-0.15, -0.1) is 0 Å². The van der Waals surface area contributed by atoms with E-state index in [0.29, 0.717) is 18.5 Å². The summed E-state index contributed by atoms with van der Waals surface area (Å²) in [5, 5.41) is 5.29. The number of benzene rings is 1. The number of aliphatic imine (C=N–C) groups is 1. The molecular weight excluding hydrogens is 370 g/mol. The summed E-state index contributed by atoms with van der Waals surface area (Å²) in [6.07, 6.45) is 0.712. The molecule has 0 radical (unpaired) electrons. The maximum Gasteiger partial charge on any atom is 0.238 e. The predicted molar refractivity (Wildman–Crippen MR) is 104 cm³/mol. The zero-order valence-corrected chi connectivity index (χ0v) is 16.4. The third-order valence-corrected chi connectivity index (χ3v) is 4.92. The second-order valence-corrected chi connectivity index (χ2v) is 7.77. The molecular formula is C17H27N5O4S. The first kappa shape index (κ1) is 22.6. The number of hydrogen-bond acceptors (Lipinski definition) is 5. The number of guanidine groups is 1. The predicted octanol–water partition coefficient (Wildman–Crippen LogP) is -0.506. The highest BCUT2D eigenvalue weighted by Gasteiger charge is 2.24. The molecule has 0 spiro atoms. The molecule has 0 aromatic heterocycles. The minimum absolute atomic E-state index is 0.149. The lowest BCUT2D eigenvalue weighted by atomic mass is 10.1. The van der Waals surface area contributed by atoms with Crippen LogP contribution in [0.25, 0.3) is 0 Å². The van der Waals surface area contributed by atoms with Crippen LogP contribution in [0.3, 0.4) is 0 Å². The molecule has 0 unspecified atom stereocenters. The fraction of sp³-hybridized carbons (Fsp3) is 0.471. The smallest absolute Gasteiger partial charge is 0.238 e. The number of ketones is 1. The molecule has 0 aliphatic heterocycles. The van der Waals surface area contributed by atoms with Crippen LogP contribution in [0.5, 0.6) is 0 Å². The Balaban J connectivity index is 2.73. The average molecular weight is 398 g/mol. The zero-order chi connectivity index (χ0) is 20.3. The molecule has 0 aliphatic carbocycles. The molecule has 1 atom stereocenters. The van der Waals surface area contributed by atoms with Crippen molar-refractivity contribution in [1.82, 2.24) is 15.4 Å². The summed E-state index contributed by atoms with van der Waals surface area (Å²) >= 11 is 0. The van der Waals surface area contributed by atoms with E-state index >= 15 is 0 Å². The van der Waals surface area contributed by atoms with Crippen LogP contribution in [-0.4, -0.2) is 52.2 Å². The SMILES string of the molecule is CN=C(N)NCCC[C@@H](NS(=O)(=O)Cc1ccccc1)C(=O)NCC(C)=O. The van der Waals surface area contributed by atoms with Crippen LogP contribution in [0.15, 0.2) is 35.3 Å². The van der Waals surface area contributed by atoms with Gasteiger partial charge in [-0.2, -0.15) is 0 Å². The first-order valence-electron chi connectivity index (χ1n) is 8.50. The van der Waals surface area contributed by atoms with E-state index < -0.39 is 22.0 Å². The first-order valence-corrected chi connectivity index (χ1v) is 10.2. The van der Waals surface area contributed by atoms with Gasteiger partial charge >= 0.3 is 0 Å². The van der Waals surface area contributed by atoms with Gasteiger partial charge in [0.15, 0.2) is 5.96 Å². The van der Waals surface area contributed by atoms with Gasteiger partial charge in [0.05, 0.1) is 12.3 Å². The van der Waals surface area contributed by atoms with Gasteiger partial charge < -0.3 is 16.4 Å². The Morgan fingerprint density at radius 3 is 2.44 bits per heavy atom. The van der Waals surface area contributed by atoms with E-state index in [9.17, 15) is 18.0 Å². The highest BCUT2D eigenvalue weighted by molar-refractivity contribution is 7.88. The number of amides is 1. The summed E-state index contributed by atoms with van der Waals surface area (Å²) in [5.74, 6) is -0.739. The fourth-order valence-electron chi connectivity index (χ4n) is 2.23. The second kappa shape index (κ2) is 11.3. The molecule has 1 amide bonds. The molecule has 5 N–H and O–H groups in total. The van der Waals surface area contributed by atoms with Gasteiger partial charge in [-0.3, -0.25) is 14.6 Å². The number of nitrogens with zero attached hydrogens (tertiary/aromatic N) is 1. The van der Waals surface area contributed by atoms with Crippen molar-refractivity contribution < 1.29 is 18.0 Å². The van der Waals surface area contributed by atoms with Crippen molar-refractivity contribution in [2.75, 3.05) is 20.1 Å². The highest BCUT2D eigenvalue weighted by atomic mass is 32.2. The summed E-state index contributed by atoms with van der Waals surface area (Å²) in [7, 11) is -2.20. The summed E-state index contributed by atoms with van der Waals surface area (Å²) in [6, 6.07) is 7.68. The van der Waals surface area contributed by atoms with E-state index in [4.69, 9.17) is 5.73 Å². The van der Waals surface area contributed by atoms with Gasteiger partial charge in [0.2, 0.25) is 15.9 Å².